The third-order valence-electron chi connectivity index (χ3n) is 1.37. The maximum Gasteiger partial charge on any atom is 0.190 e. The molecule has 3 N–H and O–H groups in total. The van der Waals surface area contributed by atoms with Gasteiger partial charge in [-0.2, -0.15) is 0 Å². The number of nitrogens with one attached hydrogen (secondary N) is 1. The van der Waals surface area contributed by atoms with Crippen LogP contribution in [0, 0.1) is 11.6 Å². The zero-order chi connectivity index (χ0) is 9.14. The number of ether oxygens (including phenoxy) is 1. The lowest BCUT2D eigenvalue weighted by molar-refractivity contribution is 0.360. The summed E-state index contributed by atoms with van der Waals surface area (Å²) < 4.78 is 30.1. The van der Waals surface area contributed by atoms with Crippen molar-refractivity contribution in [3.8, 4) is 5.75 Å². The standard InChI is InChI=1S/C7H8F2N2O/c1-12-7-5(8)2-4(11-10)3-6(7)9/h2-3,11H,10H2,1H3. The average molecular weight is 174 g/mol. The molecule has 0 unspecified atom stereocenters. The van der Waals surface area contributed by atoms with Gasteiger partial charge in [-0.1, -0.05) is 0 Å². The molecule has 3 nitrogen and oxygen atoms in total. The molecule has 0 heterocycles. The number of hydrazine groups is 1. The minimum absolute atomic E-state index is 0.158. The molecule has 0 amide bonds. The highest BCUT2D eigenvalue weighted by Crippen LogP contribution is 2.24. The molecule has 0 saturated carbocycles. The first kappa shape index (κ1) is 8.73. The van der Waals surface area contributed by atoms with Gasteiger partial charge in [-0.15, -0.1) is 0 Å². The van der Waals surface area contributed by atoms with Crippen molar-refractivity contribution < 1.29 is 13.5 Å². The van der Waals surface area contributed by atoms with Crippen LogP contribution in [0.3, 0.4) is 0 Å². The Balaban J connectivity index is 3.18. The van der Waals surface area contributed by atoms with Crippen molar-refractivity contribution in [1.29, 1.82) is 0 Å². The van der Waals surface area contributed by atoms with Crippen LogP contribution in [0.1, 0.15) is 0 Å². The normalized spacial score (nSPS) is 9.67. The lowest BCUT2D eigenvalue weighted by Crippen LogP contribution is -2.07. The first-order valence-electron chi connectivity index (χ1n) is 3.18. The number of anilines is 1. The van der Waals surface area contributed by atoms with Crippen LogP contribution in [0.5, 0.6) is 5.75 Å². The number of hydrogen-bond acceptors (Lipinski definition) is 3. The van der Waals surface area contributed by atoms with Gasteiger partial charge in [0.05, 0.1) is 12.8 Å². The Morgan fingerprint density at radius 1 is 1.33 bits per heavy atom. The minimum atomic E-state index is -0.787. The zero-order valence-electron chi connectivity index (χ0n) is 6.40. The van der Waals surface area contributed by atoms with Gasteiger partial charge in [0.1, 0.15) is 0 Å². The van der Waals surface area contributed by atoms with Crippen LogP contribution in [0.25, 0.3) is 0 Å². The monoisotopic (exact) mass is 174 g/mol. The van der Waals surface area contributed by atoms with Crippen LogP contribution < -0.4 is 16.0 Å². The number of hydrogen-bond donors (Lipinski definition) is 2. The third kappa shape index (κ3) is 1.45. The smallest absolute Gasteiger partial charge is 0.190 e. The first-order valence-corrected chi connectivity index (χ1v) is 3.18. The second-order valence-electron chi connectivity index (χ2n) is 2.12. The molecule has 0 aliphatic heterocycles. The highest BCUT2D eigenvalue weighted by molar-refractivity contribution is 5.47. The molecule has 0 saturated heterocycles. The maximum absolute atomic E-state index is 12.8. The predicted molar refractivity (Wildman–Crippen MR) is 40.7 cm³/mol. The van der Waals surface area contributed by atoms with E-state index in [1.165, 1.54) is 7.11 Å². The summed E-state index contributed by atoms with van der Waals surface area (Å²) in [5, 5.41) is 0. The van der Waals surface area contributed by atoms with Crippen LogP contribution in [0.15, 0.2) is 12.1 Å². The molecule has 1 rings (SSSR count). The Kier molecular flexibility index (Phi) is 2.44. The van der Waals surface area contributed by atoms with Crippen LogP contribution in [0.4, 0.5) is 14.5 Å². The van der Waals surface area contributed by atoms with E-state index in [1.54, 1.807) is 0 Å². The molecule has 66 valence electrons. The summed E-state index contributed by atoms with van der Waals surface area (Å²) in [4.78, 5) is 0. The van der Waals surface area contributed by atoms with Gasteiger partial charge in [0.15, 0.2) is 17.4 Å². The molecule has 0 atom stereocenters. The molecular weight excluding hydrogens is 166 g/mol. The number of nitrogens with two attached hydrogens (primary N) is 1. The summed E-state index contributed by atoms with van der Waals surface area (Å²) >= 11 is 0. The van der Waals surface area contributed by atoms with Crippen molar-refractivity contribution >= 4 is 5.69 Å². The Bertz CT molecular complexity index is 268. The Morgan fingerprint density at radius 3 is 2.17 bits per heavy atom. The number of rotatable bonds is 2. The molecule has 0 fully saturated rings. The van der Waals surface area contributed by atoms with Crippen molar-refractivity contribution in [2.45, 2.75) is 0 Å². The fourth-order valence-electron chi connectivity index (χ4n) is 0.838. The minimum Gasteiger partial charge on any atom is -0.491 e. The lowest BCUT2D eigenvalue weighted by atomic mass is 10.3. The van der Waals surface area contributed by atoms with Gasteiger partial charge in [-0.05, 0) is 0 Å². The van der Waals surface area contributed by atoms with Gasteiger partial charge < -0.3 is 10.2 Å². The Morgan fingerprint density at radius 2 is 1.83 bits per heavy atom. The van der Waals surface area contributed by atoms with Crippen LogP contribution >= 0.6 is 0 Å². The van der Waals surface area contributed by atoms with Crippen molar-refractivity contribution in [2.24, 2.45) is 5.84 Å². The zero-order valence-corrected chi connectivity index (χ0v) is 6.40. The highest BCUT2D eigenvalue weighted by Gasteiger charge is 2.10. The summed E-state index contributed by atoms with van der Waals surface area (Å²) in [5.41, 5.74) is 2.28. The third-order valence-corrected chi connectivity index (χ3v) is 1.37. The first-order chi connectivity index (χ1) is 5.69. The molecule has 1 aromatic carbocycles. The van der Waals surface area contributed by atoms with Crippen molar-refractivity contribution in [3.05, 3.63) is 23.8 Å². The molecule has 0 aliphatic carbocycles. The quantitative estimate of drug-likeness (QED) is 0.524. The van der Waals surface area contributed by atoms with Gasteiger partial charge in [0, 0.05) is 12.1 Å². The molecule has 0 radical (unpaired) electrons. The Labute approximate surface area is 68.1 Å². The topological polar surface area (TPSA) is 47.3 Å². The highest BCUT2D eigenvalue weighted by atomic mass is 19.1. The van der Waals surface area contributed by atoms with Gasteiger partial charge in [-0.25, -0.2) is 8.78 Å². The van der Waals surface area contributed by atoms with E-state index in [1.807, 2.05) is 0 Å². The molecule has 5 heteroatoms. The molecule has 0 spiro atoms. The summed E-state index contributed by atoms with van der Waals surface area (Å²) in [6, 6.07) is 2.09. The van der Waals surface area contributed by atoms with Gasteiger partial charge >= 0.3 is 0 Å². The summed E-state index contributed by atoms with van der Waals surface area (Å²) in [5.74, 6) is 2.97. The number of benzene rings is 1. The van der Waals surface area contributed by atoms with E-state index in [4.69, 9.17) is 5.84 Å². The second-order valence-corrected chi connectivity index (χ2v) is 2.12. The largest absolute Gasteiger partial charge is 0.491 e. The second kappa shape index (κ2) is 3.36. The van der Waals surface area contributed by atoms with Crippen LogP contribution in [-0.2, 0) is 0 Å². The SMILES string of the molecule is COc1c(F)cc(NN)cc1F. The van der Waals surface area contributed by atoms with Crippen molar-refractivity contribution in [1.82, 2.24) is 0 Å². The molecule has 0 aliphatic rings. The fraction of sp³-hybridized carbons (Fsp3) is 0.143. The Hall–Kier alpha value is -1.36. The fourth-order valence-corrected chi connectivity index (χ4v) is 0.838. The summed E-state index contributed by atoms with van der Waals surface area (Å²) in [6.45, 7) is 0. The van der Waals surface area contributed by atoms with Gasteiger partial charge in [-0.3, -0.25) is 5.84 Å². The summed E-state index contributed by atoms with van der Waals surface area (Å²) in [7, 11) is 1.19. The molecular formula is C7H8F2N2O. The van der Waals surface area contributed by atoms with E-state index in [9.17, 15) is 8.78 Å². The predicted octanol–water partition coefficient (Wildman–Crippen LogP) is 1.26. The van der Waals surface area contributed by atoms with Gasteiger partial charge in [0.2, 0.25) is 0 Å². The van der Waals surface area contributed by atoms with E-state index in [0.717, 1.165) is 12.1 Å². The van der Waals surface area contributed by atoms with Gasteiger partial charge in [0.25, 0.3) is 0 Å². The van der Waals surface area contributed by atoms with Crippen molar-refractivity contribution in [2.75, 3.05) is 12.5 Å². The number of nitrogen functional groups attached to an aromatic ring is 1. The number of methoxy groups -OCH3 is 1. The van der Waals surface area contributed by atoms with Crippen LogP contribution in [-0.4, -0.2) is 7.11 Å². The van der Waals surface area contributed by atoms with E-state index in [-0.39, 0.29) is 5.69 Å². The average Bonchev–Trinajstić information content (AvgIpc) is 2.03. The van der Waals surface area contributed by atoms with Crippen LogP contribution in [0.2, 0.25) is 0 Å². The van der Waals surface area contributed by atoms with E-state index < -0.39 is 17.4 Å². The van der Waals surface area contributed by atoms with Crippen molar-refractivity contribution in [3.63, 3.8) is 0 Å². The summed E-state index contributed by atoms with van der Waals surface area (Å²) in [6.07, 6.45) is 0. The molecule has 1 aromatic rings. The molecule has 0 aromatic heterocycles. The maximum atomic E-state index is 12.8. The number of halogens is 2. The molecule has 0 bridgehead atoms. The lowest BCUT2D eigenvalue weighted by Gasteiger charge is -2.05. The van der Waals surface area contributed by atoms with E-state index in [2.05, 4.69) is 10.2 Å². The molecule has 12 heavy (non-hydrogen) atoms. The van der Waals surface area contributed by atoms with E-state index >= 15 is 0 Å². The van der Waals surface area contributed by atoms with E-state index in [0.29, 0.717) is 0 Å².